The third-order valence-electron chi connectivity index (χ3n) is 3.25. The van der Waals surface area contributed by atoms with Crippen molar-refractivity contribution >= 4 is 56.2 Å². The van der Waals surface area contributed by atoms with Crippen LogP contribution in [-0.4, -0.2) is 26.5 Å². The van der Waals surface area contributed by atoms with E-state index in [-0.39, 0.29) is 5.95 Å². The number of benzene rings is 1. The molecule has 0 amide bonds. The van der Waals surface area contributed by atoms with Gasteiger partial charge in [-0.05, 0) is 24.3 Å². The highest BCUT2D eigenvalue weighted by molar-refractivity contribution is 7.20. The minimum Gasteiger partial charge on any atom is -0.368 e. The lowest BCUT2D eigenvalue weighted by Gasteiger charge is -2.07. The van der Waals surface area contributed by atoms with Gasteiger partial charge >= 0.3 is 0 Å². The van der Waals surface area contributed by atoms with Crippen LogP contribution in [0.25, 0.3) is 21.1 Å². The SMILES string of the molecule is Nc1nc(Nc2ccc3[nH]ncc3c2)c2cc(C=O)sc2n1. The Bertz CT molecular complexity index is 1010. The van der Waals surface area contributed by atoms with Crippen molar-refractivity contribution in [3.63, 3.8) is 0 Å². The molecule has 3 heterocycles. The molecule has 4 rings (SSSR count). The quantitative estimate of drug-likeness (QED) is 0.502. The monoisotopic (exact) mass is 310 g/mol. The average Bonchev–Trinajstić information content (AvgIpc) is 3.12. The molecule has 0 saturated carbocycles. The van der Waals surface area contributed by atoms with E-state index in [0.29, 0.717) is 15.5 Å². The van der Waals surface area contributed by atoms with E-state index in [1.165, 1.54) is 11.3 Å². The predicted octanol–water partition coefficient (Wildman–Crippen LogP) is 2.71. The van der Waals surface area contributed by atoms with Crippen molar-refractivity contribution in [2.45, 2.75) is 0 Å². The molecule has 22 heavy (non-hydrogen) atoms. The van der Waals surface area contributed by atoms with E-state index in [2.05, 4.69) is 25.5 Å². The molecular formula is C14H10N6OS. The van der Waals surface area contributed by atoms with Crippen molar-refractivity contribution in [3.8, 4) is 0 Å². The van der Waals surface area contributed by atoms with Gasteiger partial charge in [0.2, 0.25) is 5.95 Å². The number of rotatable bonds is 3. The molecule has 0 aliphatic heterocycles. The molecule has 4 N–H and O–H groups in total. The van der Waals surface area contributed by atoms with Crippen LogP contribution in [0, 0.1) is 0 Å². The number of nitrogen functional groups attached to an aromatic ring is 1. The summed E-state index contributed by atoms with van der Waals surface area (Å²) in [5.74, 6) is 0.744. The van der Waals surface area contributed by atoms with E-state index in [1.807, 2.05) is 18.2 Å². The number of carbonyl (C=O) groups excluding carboxylic acids is 1. The first kappa shape index (κ1) is 12.7. The zero-order valence-corrected chi connectivity index (χ0v) is 12.0. The van der Waals surface area contributed by atoms with E-state index in [9.17, 15) is 4.79 Å². The Balaban J connectivity index is 1.82. The fourth-order valence-electron chi connectivity index (χ4n) is 2.27. The predicted molar refractivity (Wildman–Crippen MR) is 86.6 cm³/mol. The lowest BCUT2D eigenvalue weighted by Crippen LogP contribution is -2.00. The molecule has 0 spiro atoms. The standard InChI is InChI=1S/C14H10N6OS/c15-14-18-12(10-4-9(6-21)22-13(10)19-14)17-8-1-2-11-7(3-8)5-16-20-11/h1-6H,(H,16,20)(H3,15,17,18,19). The minimum atomic E-state index is 0.165. The van der Waals surface area contributed by atoms with Crippen molar-refractivity contribution < 1.29 is 4.79 Å². The fraction of sp³-hybridized carbons (Fsp3) is 0. The number of hydrogen-bond donors (Lipinski definition) is 3. The molecule has 0 atom stereocenters. The van der Waals surface area contributed by atoms with Gasteiger partial charge in [-0.1, -0.05) is 0 Å². The number of nitrogens with one attached hydrogen (secondary N) is 2. The summed E-state index contributed by atoms with van der Waals surface area (Å²) in [5.41, 5.74) is 7.55. The van der Waals surface area contributed by atoms with Crippen LogP contribution in [0.5, 0.6) is 0 Å². The number of nitrogens with zero attached hydrogens (tertiary/aromatic N) is 3. The van der Waals surface area contributed by atoms with E-state index in [0.717, 1.165) is 28.3 Å². The van der Waals surface area contributed by atoms with Crippen LogP contribution < -0.4 is 11.1 Å². The fourth-order valence-corrected chi connectivity index (χ4v) is 3.12. The highest BCUT2D eigenvalue weighted by Gasteiger charge is 2.11. The van der Waals surface area contributed by atoms with Crippen LogP contribution in [0.3, 0.4) is 0 Å². The maximum Gasteiger partial charge on any atom is 0.223 e. The number of thiophene rings is 1. The first-order valence-electron chi connectivity index (χ1n) is 6.45. The second-order valence-corrected chi connectivity index (χ2v) is 5.78. The van der Waals surface area contributed by atoms with Crippen molar-refractivity contribution in [2.75, 3.05) is 11.1 Å². The van der Waals surface area contributed by atoms with Crippen LogP contribution >= 0.6 is 11.3 Å². The van der Waals surface area contributed by atoms with Gasteiger partial charge in [0.05, 0.1) is 22.0 Å². The summed E-state index contributed by atoms with van der Waals surface area (Å²) < 4.78 is 0. The van der Waals surface area contributed by atoms with Crippen LogP contribution in [0.4, 0.5) is 17.5 Å². The number of carbonyl (C=O) groups is 1. The van der Waals surface area contributed by atoms with Crippen LogP contribution in [0.2, 0.25) is 0 Å². The zero-order chi connectivity index (χ0) is 15.1. The molecule has 7 nitrogen and oxygen atoms in total. The van der Waals surface area contributed by atoms with Gasteiger partial charge in [-0.3, -0.25) is 9.89 Å². The molecule has 1 aromatic carbocycles. The lowest BCUT2D eigenvalue weighted by atomic mass is 10.2. The van der Waals surface area contributed by atoms with Gasteiger partial charge in [-0.15, -0.1) is 11.3 Å². The summed E-state index contributed by atoms with van der Waals surface area (Å²) in [6, 6.07) is 7.55. The molecular weight excluding hydrogens is 300 g/mol. The van der Waals surface area contributed by atoms with E-state index < -0.39 is 0 Å². The second-order valence-electron chi connectivity index (χ2n) is 4.71. The Labute approximate surface area is 128 Å². The first-order chi connectivity index (χ1) is 10.7. The van der Waals surface area contributed by atoms with Gasteiger partial charge in [0.15, 0.2) is 6.29 Å². The topological polar surface area (TPSA) is 110 Å². The maximum atomic E-state index is 10.9. The smallest absolute Gasteiger partial charge is 0.223 e. The van der Waals surface area contributed by atoms with Crippen LogP contribution in [0.1, 0.15) is 9.67 Å². The highest BCUT2D eigenvalue weighted by Crippen LogP contribution is 2.31. The third-order valence-corrected chi connectivity index (χ3v) is 4.20. The Kier molecular flexibility index (Phi) is 2.76. The van der Waals surface area contributed by atoms with Gasteiger partial charge in [-0.2, -0.15) is 10.1 Å². The Morgan fingerprint density at radius 1 is 1.27 bits per heavy atom. The Morgan fingerprint density at radius 2 is 2.18 bits per heavy atom. The molecule has 0 fully saturated rings. The molecule has 4 aromatic rings. The van der Waals surface area contributed by atoms with Crippen LogP contribution in [0.15, 0.2) is 30.5 Å². The minimum absolute atomic E-state index is 0.165. The molecule has 0 saturated heterocycles. The summed E-state index contributed by atoms with van der Waals surface area (Å²) in [7, 11) is 0. The van der Waals surface area contributed by atoms with E-state index >= 15 is 0 Å². The number of nitrogens with two attached hydrogens (primary N) is 1. The average molecular weight is 310 g/mol. The van der Waals surface area contributed by atoms with Crippen molar-refractivity contribution in [1.82, 2.24) is 20.2 Å². The molecule has 0 unspecified atom stereocenters. The van der Waals surface area contributed by atoms with Gasteiger partial charge in [0, 0.05) is 11.1 Å². The zero-order valence-electron chi connectivity index (χ0n) is 11.2. The summed E-state index contributed by atoms with van der Waals surface area (Å²) in [6.45, 7) is 0. The molecule has 0 aliphatic rings. The number of aromatic nitrogens is 4. The number of fused-ring (bicyclic) bond motifs is 2. The third kappa shape index (κ3) is 2.06. The summed E-state index contributed by atoms with van der Waals surface area (Å²) >= 11 is 1.29. The van der Waals surface area contributed by atoms with Gasteiger partial charge in [0.1, 0.15) is 10.6 Å². The number of aldehydes is 1. The normalized spacial score (nSPS) is 11.1. The number of anilines is 3. The molecule has 0 radical (unpaired) electrons. The van der Waals surface area contributed by atoms with E-state index in [1.54, 1.807) is 12.3 Å². The largest absolute Gasteiger partial charge is 0.368 e. The number of H-pyrrole nitrogens is 1. The molecule has 108 valence electrons. The highest BCUT2D eigenvalue weighted by atomic mass is 32.1. The van der Waals surface area contributed by atoms with Gasteiger partial charge in [-0.25, -0.2) is 4.98 Å². The molecule has 0 aliphatic carbocycles. The number of aromatic amines is 1. The van der Waals surface area contributed by atoms with Gasteiger partial charge in [0.25, 0.3) is 0 Å². The molecule has 8 heteroatoms. The van der Waals surface area contributed by atoms with Crippen LogP contribution in [-0.2, 0) is 0 Å². The second kappa shape index (κ2) is 4.78. The molecule has 3 aromatic heterocycles. The Hall–Kier alpha value is -3.00. The van der Waals surface area contributed by atoms with Crippen molar-refractivity contribution in [3.05, 3.63) is 35.3 Å². The Morgan fingerprint density at radius 3 is 3.05 bits per heavy atom. The first-order valence-corrected chi connectivity index (χ1v) is 7.27. The summed E-state index contributed by atoms with van der Waals surface area (Å²) in [4.78, 5) is 20.6. The summed E-state index contributed by atoms with van der Waals surface area (Å²) in [6.07, 6.45) is 2.55. The maximum absolute atomic E-state index is 10.9. The summed E-state index contributed by atoms with van der Waals surface area (Å²) in [5, 5.41) is 11.9. The molecule has 0 bridgehead atoms. The van der Waals surface area contributed by atoms with Crippen molar-refractivity contribution in [2.24, 2.45) is 0 Å². The number of hydrogen-bond acceptors (Lipinski definition) is 7. The van der Waals surface area contributed by atoms with E-state index in [4.69, 9.17) is 5.73 Å². The lowest BCUT2D eigenvalue weighted by molar-refractivity contribution is 0.112. The van der Waals surface area contributed by atoms with Crippen molar-refractivity contribution in [1.29, 1.82) is 0 Å². The van der Waals surface area contributed by atoms with Gasteiger partial charge < -0.3 is 11.1 Å².